The lowest BCUT2D eigenvalue weighted by atomic mass is 10.0. The Bertz CT molecular complexity index is 517. The minimum absolute atomic E-state index is 0.0914. The van der Waals surface area contributed by atoms with E-state index in [0.717, 1.165) is 31.4 Å². The maximum atomic E-state index is 11.4. The second kappa shape index (κ2) is 7.49. The van der Waals surface area contributed by atoms with Gasteiger partial charge in [0.1, 0.15) is 6.04 Å². The summed E-state index contributed by atoms with van der Waals surface area (Å²) in [4.78, 5) is 13.5. The Kier molecular flexibility index (Phi) is 5.66. The van der Waals surface area contributed by atoms with Crippen molar-refractivity contribution in [1.82, 2.24) is 4.90 Å². The number of hydrogen-bond donors (Lipinski definition) is 1. The summed E-state index contributed by atoms with van der Waals surface area (Å²) in [7, 11) is 1.62. The standard InChI is InChI=1S/C17H25NO4/c1-4-13(18-10-6-7-14(18)17(19)20)12-8-9-15(21-3)16(11-12)22-5-2/h8-9,11,13-14H,4-7,10H2,1-3H3,(H,19,20). The summed E-state index contributed by atoms with van der Waals surface area (Å²) in [6, 6.07) is 5.59. The third kappa shape index (κ3) is 3.35. The minimum Gasteiger partial charge on any atom is -0.493 e. The maximum absolute atomic E-state index is 11.4. The molecule has 122 valence electrons. The van der Waals surface area contributed by atoms with Crippen LogP contribution < -0.4 is 9.47 Å². The lowest BCUT2D eigenvalue weighted by Crippen LogP contribution is -2.38. The predicted octanol–water partition coefficient (Wildman–Crippen LogP) is 3.09. The molecule has 1 fully saturated rings. The van der Waals surface area contributed by atoms with Gasteiger partial charge in [0.2, 0.25) is 0 Å². The molecule has 5 heteroatoms. The van der Waals surface area contributed by atoms with Crippen LogP contribution in [0.5, 0.6) is 11.5 Å². The van der Waals surface area contributed by atoms with Crippen LogP contribution in [0.4, 0.5) is 0 Å². The zero-order chi connectivity index (χ0) is 16.1. The van der Waals surface area contributed by atoms with Crippen molar-refractivity contribution in [2.45, 2.75) is 45.2 Å². The fourth-order valence-corrected chi connectivity index (χ4v) is 3.26. The molecule has 2 atom stereocenters. The molecule has 1 aliphatic rings. The molecule has 0 radical (unpaired) electrons. The normalized spacial score (nSPS) is 19.9. The van der Waals surface area contributed by atoms with Gasteiger partial charge in [0.15, 0.2) is 11.5 Å². The summed E-state index contributed by atoms with van der Waals surface area (Å²) in [6.07, 6.45) is 2.52. The summed E-state index contributed by atoms with van der Waals surface area (Å²) >= 11 is 0. The summed E-state index contributed by atoms with van der Waals surface area (Å²) in [5, 5.41) is 9.41. The Morgan fingerprint density at radius 2 is 2.18 bits per heavy atom. The first kappa shape index (κ1) is 16.6. The first-order valence-electron chi connectivity index (χ1n) is 7.91. The number of carboxylic acids is 1. The largest absolute Gasteiger partial charge is 0.493 e. The quantitative estimate of drug-likeness (QED) is 0.839. The van der Waals surface area contributed by atoms with Gasteiger partial charge in [-0.15, -0.1) is 0 Å². The van der Waals surface area contributed by atoms with Gasteiger partial charge >= 0.3 is 5.97 Å². The lowest BCUT2D eigenvalue weighted by Gasteiger charge is -2.31. The molecule has 0 bridgehead atoms. The number of carboxylic acid groups (broad SMARTS) is 1. The van der Waals surface area contributed by atoms with Crippen LogP contribution >= 0.6 is 0 Å². The van der Waals surface area contributed by atoms with Gasteiger partial charge < -0.3 is 14.6 Å². The molecule has 0 spiro atoms. The van der Waals surface area contributed by atoms with Crippen molar-refractivity contribution in [2.75, 3.05) is 20.3 Å². The van der Waals surface area contributed by atoms with Crippen molar-refractivity contribution in [2.24, 2.45) is 0 Å². The van der Waals surface area contributed by atoms with Crippen molar-refractivity contribution in [3.8, 4) is 11.5 Å². The number of methoxy groups -OCH3 is 1. The highest BCUT2D eigenvalue weighted by atomic mass is 16.5. The molecule has 2 rings (SSSR count). The Morgan fingerprint density at radius 3 is 2.77 bits per heavy atom. The summed E-state index contributed by atoms with van der Waals surface area (Å²) < 4.78 is 11.0. The molecule has 1 aliphatic heterocycles. The Morgan fingerprint density at radius 1 is 1.41 bits per heavy atom. The van der Waals surface area contributed by atoms with Crippen LogP contribution in [0.1, 0.15) is 44.7 Å². The van der Waals surface area contributed by atoms with Crippen molar-refractivity contribution < 1.29 is 19.4 Å². The third-order valence-electron chi connectivity index (χ3n) is 4.24. The monoisotopic (exact) mass is 307 g/mol. The van der Waals surface area contributed by atoms with E-state index in [1.165, 1.54) is 0 Å². The highest BCUT2D eigenvalue weighted by Crippen LogP contribution is 2.36. The maximum Gasteiger partial charge on any atom is 0.320 e. The molecule has 2 unspecified atom stereocenters. The average Bonchev–Trinajstić information content (AvgIpc) is 2.98. The molecule has 0 aromatic heterocycles. The van der Waals surface area contributed by atoms with Crippen LogP contribution in [0.25, 0.3) is 0 Å². The smallest absolute Gasteiger partial charge is 0.320 e. The number of benzene rings is 1. The van der Waals surface area contributed by atoms with E-state index < -0.39 is 5.97 Å². The summed E-state index contributed by atoms with van der Waals surface area (Å²) in [6.45, 7) is 5.42. The molecule has 1 saturated heterocycles. The molecule has 1 aromatic carbocycles. The first-order valence-corrected chi connectivity index (χ1v) is 7.91. The fourth-order valence-electron chi connectivity index (χ4n) is 3.26. The third-order valence-corrected chi connectivity index (χ3v) is 4.24. The summed E-state index contributed by atoms with van der Waals surface area (Å²) in [5.41, 5.74) is 1.08. The number of aliphatic carboxylic acids is 1. The molecule has 5 nitrogen and oxygen atoms in total. The number of rotatable bonds is 7. The van der Waals surface area contributed by atoms with Crippen LogP contribution in [0.3, 0.4) is 0 Å². The average molecular weight is 307 g/mol. The van der Waals surface area contributed by atoms with E-state index in [0.29, 0.717) is 18.1 Å². The van der Waals surface area contributed by atoms with E-state index in [1.807, 2.05) is 25.1 Å². The van der Waals surface area contributed by atoms with E-state index in [9.17, 15) is 9.90 Å². The zero-order valence-electron chi connectivity index (χ0n) is 13.5. The van der Waals surface area contributed by atoms with E-state index in [2.05, 4.69) is 11.8 Å². The topological polar surface area (TPSA) is 59.0 Å². The Hall–Kier alpha value is -1.75. The van der Waals surface area contributed by atoms with Crippen LogP contribution in [-0.4, -0.2) is 42.3 Å². The van der Waals surface area contributed by atoms with Gasteiger partial charge in [-0.05, 0) is 50.4 Å². The number of carbonyl (C=O) groups is 1. The lowest BCUT2D eigenvalue weighted by molar-refractivity contribution is -0.143. The molecule has 0 saturated carbocycles. The molecular formula is C17H25NO4. The van der Waals surface area contributed by atoms with Gasteiger partial charge in [-0.2, -0.15) is 0 Å². The van der Waals surface area contributed by atoms with Gasteiger partial charge in [-0.25, -0.2) is 0 Å². The Balaban J connectivity index is 2.30. The van der Waals surface area contributed by atoms with E-state index >= 15 is 0 Å². The SMILES string of the molecule is CCOc1cc(C(CC)N2CCCC2C(=O)O)ccc1OC. The van der Waals surface area contributed by atoms with Gasteiger partial charge in [0, 0.05) is 6.04 Å². The minimum atomic E-state index is -0.727. The molecular weight excluding hydrogens is 282 g/mol. The van der Waals surface area contributed by atoms with E-state index in [1.54, 1.807) is 7.11 Å². The number of hydrogen-bond acceptors (Lipinski definition) is 4. The van der Waals surface area contributed by atoms with Crippen LogP contribution in [0.2, 0.25) is 0 Å². The Labute approximate surface area is 131 Å². The molecule has 1 heterocycles. The second-order valence-corrected chi connectivity index (χ2v) is 5.50. The molecule has 22 heavy (non-hydrogen) atoms. The number of ether oxygens (including phenoxy) is 2. The van der Waals surface area contributed by atoms with Crippen LogP contribution in [0.15, 0.2) is 18.2 Å². The zero-order valence-corrected chi connectivity index (χ0v) is 13.5. The van der Waals surface area contributed by atoms with Crippen molar-refractivity contribution in [3.05, 3.63) is 23.8 Å². The molecule has 1 aromatic rings. The van der Waals surface area contributed by atoms with Crippen molar-refractivity contribution >= 4 is 5.97 Å². The molecule has 0 aliphatic carbocycles. The fraction of sp³-hybridized carbons (Fsp3) is 0.588. The van der Waals surface area contributed by atoms with Gasteiger partial charge in [-0.1, -0.05) is 13.0 Å². The number of likely N-dealkylation sites (tertiary alicyclic amines) is 1. The van der Waals surface area contributed by atoms with Crippen molar-refractivity contribution in [3.63, 3.8) is 0 Å². The highest BCUT2D eigenvalue weighted by Gasteiger charge is 2.35. The second-order valence-electron chi connectivity index (χ2n) is 5.50. The number of nitrogens with zero attached hydrogens (tertiary/aromatic N) is 1. The molecule has 1 N–H and O–H groups in total. The molecule has 0 amide bonds. The van der Waals surface area contributed by atoms with E-state index in [4.69, 9.17) is 9.47 Å². The summed E-state index contributed by atoms with van der Waals surface area (Å²) in [5.74, 6) is 0.693. The van der Waals surface area contributed by atoms with Crippen LogP contribution in [-0.2, 0) is 4.79 Å². The van der Waals surface area contributed by atoms with Gasteiger partial charge in [-0.3, -0.25) is 9.69 Å². The van der Waals surface area contributed by atoms with Gasteiger partial charge in [0.05, 0.1) is 13.7 Å². The van der Waals surface area contributed by atoms with Crippen LogP contribution in [0, 0.1) is 0 Å². The van der Waals surface area contributed by atoms with Crippen molar-refractivity contribution in [1.29, 1.82) is 0 Å². The van der Waals surface area contributed by atoms with E-state index in [-0.39, 0.29) is 12.1 Å². The highest BCUT2D eigenvalue weighted by molar-refractivity contribution is 5.74. The van der Waals surface area contributed by atoms with Gasteiger partial charge in [0.25, 0.3) is 0 Å². The first-order chi connectivity index (χ1) is 10.6. The predicted molar refractivity (Wildman–Crippen MR) is 84.6 cm³/mol.